The van der Waals surface area contributed by atoms with Gasteiger partial charge in [0.25, 0.3) is 0 Å². The van der Waals surface area contributed by atoms with Crippen molar-refractivity contribution in [3.8, 4) is 11.5 Å². The van der Waals surface area contributed by atoms with Crippen molar-refractivity contribution >= 4 is 11.8 Å². The Hall–Kier alpha value is -2.66. The Bertz CT molecular complexity index is 903. The number of aliphatic hydroxyl groups excluding tert-OH is 3. The second-order valence-electron chi connectivity index (χ2n) is 7.95. The van der Waals surface area contributed by atoms with Crippen LogP contribution in [0.1, 0.15) is 30.4 Å². The van der Waals surface area contributed by atoms with Crippen LogP contribution in [0.4, 0.5) is 0 Å². The zero-order valence-corrected chi connectivity index (χ0v) is 19.1. The monoisotopic (exact) mass is 464 g/mol. The Morgan fingerprint density at radius 1 is 1.24 bits per heavy atom. The van der Waals surface area contributed by atoms with Crippen molar-refractivity contribution in [2.45, 2.75) is 44.1 Å². The van der Waals surface area contributed by atoms with Crippen LogP contribution in [0.5, 0.6) is 11.5 Å². The SMILES string of the molecule is CCC(=O)N(CCOC)[C@@H]1C=C(C(=O)NCCO)[C@@H]2c3cc(CO)cc(OC)c3O[C@@H]2[C@H]1O. The first-order chi connectivity index (χ1) is 15.9. The molecule has 0 saturated heterocycles. The van der Waals surface area contributed by atoms with Crippen LogP contribution in [0.15, 0.2) is 23.8 Å². The average molecular weight is 465 g/mol. The van der Waals surface area contributed by atoms with Gasteiger partial charge in [-0.2, -0.15) is 0 Å². The minimum atomic E-state index is -1.13. The topological polar surface area (TPSA) is 138 Å². The van der Waals surface area contributed by atoms with Gasteiger partial charge in [0.2, 0.25) is 11.8 Å². The number of aliphatic hydroxyl groups is 3. The molecule has 0 saturated carbocycles. The highest BCUT2D eigenvalue weighted by atomic mass is 16.5. The van der Waals surface area contributed by atoms with E-state index in [9.17, 15) is 19.8 Å². The quantitative estimate of drug-likeness (QED) is 0.370. The number of ether oxygens (including phenoxy) is 3. The predicted molar refractivity (Wildman–Crippen MR) is 118 cm³/mol. The molecule has 0 fully saturated rings. The van der Waals surface area contributed by atoms with Crippen LogP contribution >= 0.6 is 0 Å². The van der Waals surface area contributed by atoms with Gasteiger partial charge in [0.05, 0.1) is 38.9 Å². The van der Waals surface area contributed by atoms with Gasteiger partial charge in [0, 0.05) is 37.8 Å². The molecule has 1 aliphatic heterocycles. The third-order valence-corrected chi connectivity index (χ3v) is 6.01. The van der Waals surface area contributed by atoms with Crippen molar-refractivity contribution in [2.75, 3.05) is 40.5 Å². The summed E-state index contributed by atoms with van der Waals surface area (Å²) in [6.45, 7) is 1.80. The number of methoxy groups -OCH3 is 2. The average Bonchev–Trinajstić information content (AvgIpc) is 3.22. The molecule has 3 rings (SSSR count). The maximum atomic E-state index is 13.1. The summed E-state index contributed by atoms with van der Waals surface area (Å²) in [7, 11) is 2.99. The lowest BCUT2D eigenvalue weighted by Gasteiger charge is -2.40. The number of nitrogens with zero attached hydrogens (tertiary/aromatic N) is 1. The van der Waals surface area contributed by atoms with Crippen molar-refractivity contribution in [1.29, 1.82) is 0 Å². The number of carbonyl (C=O) groups is 2. The van der Waals surface area contributed by atoms with Gasteiger partial charge in [-0.25, -0.2) is 0 Å². The highest BCUT2D eigenvalue weighted by Gasteiger charge is 2.51. The molecule has 0 aromatic heterocycles. The lowest BCUT2D eigenvalue weighted by atomic mass is 9.77. The van der Waals surface area contributed by atoms with Crippen molar-refractivity contribution < 1.29 is 39.1 Å². The molecule has 4 N–H and O–H groups in total. The lowest BCUT2D eigenvalue weighted by molar-refractivity contribution is -0.137. The van der Waals surface area contributed by atoms with Gasteiger partial charge in [-0.1, -0.05) is 6.92 Å². The molecule has 2 amide bonds. The normalized spacial score (nSPS) is 23.2. The summed E-state index contributed by atoms with van der Waals surface area (Å²) in [6.07, 6.45) is -0.178. The van der Waals surface area contributed by atoms with Gasteiger partial charge in [0.15, 0.2) is 11.5 Å². The number of carbonyl (C=O) groups excluding carboxylic acids is 2. The summed E-state index contributed by atoms with van der Waals surface area (Å²) in [6, 6.07) is 2.55. The third-order valence-electron chi connectivity index (χ3n) is 6.01. The first-order valence-corrected chi connectivity index (χ1v) is 11.0. The fraction of sp³-hybridized carbons (Fsp3) is 0.565. The van der Waals surface area contributed by atoms with Gasteiger partial charge in [-0.05, 0) is 23.8 Å². The Kier molecular flexibility index (Phi) is 8.30. The third kappa shape index (κ3) is 4.84. The predicted octanol–water partition coefficient (Wildman–Crippen LogP) is -0.305. The van der Waals surface area contributed by atoms with E-state index in [4.69, 9.17) is 19.3 Å². The molecule has 4 atom stereocenters. The van der Waals surface area contributed by atoms with Crippen LogP contribution in [0.25, 0.3) is 0 Å². The summed E-state index contributed by atoms with van der Waals surface area (Å²) in [5, 5.41) is 32.8. The Balaban J connectivity index is 2.11. The standard InChI is InChI=1S/C23H32N2O8/c1-4-18(28)25(6-8-31-2)16-11-15(23(30)24-5-7-26)19-14-9-13(12-27)10-17(32-3)21(14)33-22(19)20(16)29/h9-11,16,19-20,22,26-27,29H,4-8,12H2,1-3H3,(H,24,30)/t16-,19+,20+,22+/m1/s1. The maximum Gasteiger partial charge on any atom is 0.247 e. The molecule has 1 aliphatic carbocycles. The molecular formula is C23H32N2O8. The van der Waals surface area contributed by atoms with Gasteiger partial charge in [0.1, 0.15) is 12.2 Å². The molecule has 1 aromatic rings. The summed E-state index contributed by atoms with van der Waals surface area (Å²) in [4.78, 5) is 27.3. The summed E-state index contributed by atoms with van der Waals surface area (Å²) in [5.74, 6) is -0.513. The van der Waals surface area contributed by atoms with Gasteiger partial charge >= 0.3 is 0 Å². The Labute approximate surface area is 192 Å². The van der Waals surface area contributed by atoms with Crippen molar-refractivity contribution in [3.05, 3.63) is 34.9 Å². The molecule has 2 aliphatic rings. The van der Waals surface area contributed by atoms with E-state index < -0.39 is 30.1 Å². The molecule has 0 radical (unpaired) electrons. The Morgan fingerprint density at radius 2 is 2.00 bits per heavy atom. The zero-order valence-electron chi connectivity index (χ0n) is 19.1. The number of nitrogens with one attached hydrogen (secondary N) is 1. The molecular weight excluding hydrogens is 432 g/mol. The van der Waals surface area contributed by atoms with E-state index in [1.165, 1.54) is 19.1 Å². The van der Waals surface area contributed by atoms with Gasteiger partial charge < -0.3 is 39.7 Å². The van der Waals surface area contributed by atoms with E-state index in [1.807, 2.05) is 0 Å². The Morgan fingerprint density at radius 3 is 2.61 bits per heavy atom. The smallest absolute Gasteiger partial charge is 0.247 e. The minimum absolute atomic E-state index is 0.0514. The number of benzene rings is 1. The fourth-order valence-corrected chi connectivity index (χ4v) is 4.45. The number of rotatable bonds is 10. The summed E-state index contributed by atoms with van der Waals surface area (Å²) >= 11 is 0. The highest BCUT2D eigenvalue weighted by molar-refractivity contribution is 5.96. The van der Waals surface area contributed by atoms with Crippen LogP contribution in [-0.2, 0) is 20.9 Å². The molecule has 10 heteroatoms. The van der Waals surface area contributed by atoms with E-state index in [0.717, 1.165) is 0 Å². The van der Waals surface area contributed by atoms with Crippen LogP contribution in [0.3, 0.4) is 0 Å². The maximum absolute atomic E-state index is 13.1. The molecule has 0 unspecified atom stereocenters. The van der Waals surface area contributed by atoms with Crippen LogP contribution in [0.2, 0.25) is 0 Å². The summed E-state index contributed by atoms with van der Waals surface area (Å²) < 4.78 is 16.7. The second kappa shape index (κ2) is 11.0. The van der Waals surface area contributed by atoms with Crippen molar-refractivity contribution in [3.63, 3.8) is 0 Å². The van der Waals surface area contributed by atoms with Crippen molar-refractivity contribution in [2.24, 2.45) is 0 Å². The zero-order chi connectivity index (χ0) is 24.1. The molecule has 10 nitrogen and oxygen atoms in total. The van der Waals surface area contributed by atoms with E-state index in [2.05, 4.69) is 5.32 Å². The number of amides is 2. The van der Waals surface area contributed by atoms with Crippen LogP contribution < -0.4 is 14.8 Å². The molecule has 182 valence electrons. The number of hydrogen-bond donors (Lipinski definition) is 4. The summed E-state index contributed by atoms with van der Waals surface area (Å²) in [5.41, 5.74) is 1.49. The molecule has 0 bridgehead atoms. The van der Waals surface area contributed by atoms with Crippen LogP contribution in [-0.4, -0.2) is 90.8 Å². The van der Waals surface area contributed by atoms with E-state index in [0.29, 0.717) is 28.2 Å². The molecule has 33 heavy (non-hydrogen) atoms. The van der Waals surface area contributed by atoms with Gasteiger partial charge in [-0.3, -0.25) is 9.59 Å². The first-order valence-electron chi connectivity index (χ1n) is 11.0. The first kappa shape index (κ1) is 25.0. The minimum Gasteiger partial charge on any atom is -0.493 e. The fourth-order valence-electron chi connectivity index (χ4n) is 4.45. The van der Waals surface area contributed by atoms with Crippen molar-refractivity contribution in [1.82, 2.24) is 10.2 Å². The number of hydrogen-bond acceptors (Lipinski definition) is 8. The second-order valence-corrected chi connectivity index (χ2v) is 7.95. The van der Waals surface area contributed by atoms with E-state index in [1.54, 1.807) is 25.1 Å². The van der Waals surface area contributed by atoms with E-state index in [-0.39, 0.29) is 45.2 Å². The number of fused-ring (bicyclic) bond motifs is 3. The molecule has 1 heterocycles. The van der Waals surface area contributed by atoms with E-state index >= 15 is 0 Å². The van der Waals surface area contributed by atoms with Gasteiger partial charge in [-0.15, -0.1) is 0 Å². The molecule has 1 aromatic carbocycles. The molecule has 0 spiro atoms. The highest BCUT2D eigenvalue weighted by Crippen LogP contribution is 2.51. The van der Waals surface area contributed by atoms with Crippen LogP contribution in [0, 0.1) is 0 Å². The lowest BCUT2D eigenvalue weighted by Crippen LogP contribution is -2.56. The largest absolute Gasteiger partial charge is 0.493 e.